The Morgan fingerprint density at radius 3 is 2.47 bits per heavy atom. The van der Waals surface area contributed by atoms with Gasteiger partial charge in [0.15, 0.2) is 5.78 Å². The number of ketones is 1. The summed E-state index contributed by atoms with van der Waals surface area (Å²) < 4.78 is 0. The smallest absolute Gasteiger partial charge is 0.315 e. The quantitative estimate of drug-likeness (QED) is 0.575. The molecule has 17 heavy (non-hydrogen) atoms. The van der Waals surface area contributed by atoms with E-state index in [-0.39, 0.29) is 12.3 Å². The Kier molecular flexibility index (Phi) is 3.15. The molecule has 1 saturated carbocycles. The van der Waals surface area contributed by atoms with Crippen LogP contribution in [-0.2, 0) is 14.4 Å². The molecular weight excluding hydrogens is 226 g/mol. The highest BCUT2D eigenvalue weighted by Crippen LogP contribution is 2.34. The molecule has 4 unspecified atom stereocenters. The van der Waals surface area contributed by atoms with Crippen molar-refractivity contribution >= 4 is 17.7 Å². The van der Waals surface area contributed by atoms with E-state index < -0.39 is 35.7 Å². The van der Waals surface area contributed by atoms with E-state index in [1.54, 1.807) is 0 Å². The van der Waals surface area contributed by atoms with Crippen molar-refractivity contribution in [1.82, 2.24) is 5.32 Å². The van der Waals surface area contributed by atoms with E-state index in [1.165, 1.54) is 0 Å². The molecule has 2 aliphatic rings. The molecule has 1 aliphatic heterocycles. The molecule has 4 atom stereocenters. The molecule has 2 fully saturated rings. The van der Waals surface area contributed by atoms with Gasteiger partial charge in [0.05, 0.1) is 5.92 Å². The molecule has 0 radical (unpaired) electrons. The molecule has 3 N–H and O–H groups in total. The fraction of sp³-hybridized carbons (Fsp3) is 0.727. The number of nitrogens with one attached hydrogen (secondary N) is 1. The summed E-state index contributed by atoms with van der Waals surface area (Å²) in [5.74, 6) is -4.41. The molecule has 0 amide bonds. The molecule has 0 aromatic heterocycles. The van der Waals surface area contributed by atoms with Crippen LogP contribution in [0.2, 0.25) is 0 Å². The van der Waals surface area contributed by atoms with Crippen molar-refractivity contribution < 1.29 is 24.6 Å². The number of aliphatic carboxylic acids is 2. The normalized spacial score (nSPS) is 37.3. The van der Waals surface area contributed by atoms with Crippen LogP contribution in [0.4, 0.5) is 0 Å². The molecule has 1 heterocycles. The molecule has 1 saturated heterocycles. The second-order valence-electron chi connectivity index (χ2n) is 4.71. The van der Waals surface area contributed by atoms with Crippen LogP contribution in [0.5, 0.6) is 0 Å². The number of hydrogen-bond acceptors (Lipinski definition) is 4. The lowest BCUT2D eigenvalue weighted by atomic mass is 9.70. The summed E-state index contributed by atoms with van der Waals surface area (Å²) in [4.78, 5) is 33.9. The molecular formula is C11H15NO5. The number of carboxylic acid groups (broad SMARTS) is 2. The van der Waals surface area contributed by atoms with Gasteiger partial charge in [0.1, 0.15) is 5.92 Å². The highest BCUT2D eigenvalue weighted by molar-refractivity contribution is 6.01. The number of piperidine rings is 1. The van der Waals surface area contributed by atoms with E-state index >= 15 is 0 Å². The zero-order valence-corrected chi connectivity index (χ0v) is 9.26. The first-order valence-electron chi connectivity index (χ1n) is 5.75. The first kappa shape index (κ1) is 12.0. The van der Waals surface area contributed by atoms with Gasteiger partial charge in [-0.2, -0.15) is 0 Å². The Bertz CT molecular complexity index is 367. The maximum absolute atomic E-state index is 12.0. The first-order chi connectivity index (χ1) is 8.02. The first-order valence-corrected chi connectivity index (χ1v) is 5.75. The summed E-state index contributed by atoms with van der Waals surface area (Å²) >= 11 is 0. The Labute approximate surface area is 98.0 Å². The van der Waals surface area contributed by atoms with Gasteiger partial charge in [-0.05, 0) is 12.8 Å². The number of carboxylic acids is 2. The summed E-state index contributed by atoms with van der Waals surface area (Å²) in [6.07, 6.45) is 1.80. The summed E-state index contributed by atoms with van der Waals surface area (Å²) in [5, 5.41) is 20.9. The maximum atomic E-state index is 12.0. The number of hydrogen-bond donors (Lipinski definition) is 3. The van der Waals surface area contributed by atoms with E-state index in [4.69, 9.17) is 10.2 Å². The SMILES string of the molecule is O=C(O)C1CNC2C(C(=O)O)CCCC2C1=O. The van der Waals surface area contributed by atoms with Gasteiger partial charge in [-0.3, -0.25) is 14.4 Å². The number of carbonyl (C=O) groups is 3. The van der Waals surface area contributed by atoms with Crippen LogP contribution in [0.1, 0.15) is 19.3 Å². The molecule has 0 spiro atoms. The standard InChI is InChI=1S/C11H15NO5/c13-9-5-2-1-3-6(10(14)15)8(5)12-4-7(9)11(16)17/h5-8,12H,1-4H2,(H,14,15)(H,16,17). The summed E-state index contributed by atoms with van der Waals surface area (Å²) in [7, 11) is 0. The second-order valence-corrected chi connectivity index (χ2v) is 4.71. The molecule has 6 nitrogen and oxygen atoms in total. The third-order valence-electron chi connectivity index (χ3n) is 3.78. The Balaban J connectivity index is 2.18. The van der Waals surface area contributed by atoms with Crippen LogP contribution in [-0.4, -0.2) is 40.5 Å². The molecule has 0 aromatic rings. The van der Waals surface area contributed by atoms with Crippen molar-refractivity contribution in [3.05, 3.63) is 0 Å². The van der Waals surface area contributed by atoms with Crippen LogP contribution in [0.3, 0.4) is 0 Å². The summed E-state index contributed by atoms with van der Waals surface area (Å²) in [6.45, 7) is 0.0408. The fourth-order valence-electron chi connectivity index (χ4n) is 2.90. The van der Waals surface area contributed by atoms with Crippen molar-refractivity contribution in [3.63, 3.8) is 0 Å². The van der Waals surface area contributed by atoms with Crippen molar-refractivity contribution in [2.24, 2.45) is 17.8 Å². The van der Waals surface area contributed by atoms with Gasteiger partial charge in [-0.1, -0.05) is 6.42 Å². The van der Waals surface area contributed by atoms with Crippen LogP contribution in [0, 0.1) is 17.8 Å². The number of carbonyl (C=O) groups excluding carboxylic acids is 1. The van der Waals surface area contributed by atoms with Gasteiger partial charge < -0.3 is 15.5 Å². The average Bonchev–Trinajstić information content (AvgIpc) is 2.28. The highest BCUT2D eigenvalue weighted by Gasteiger charge is 2.47. The predicted octanol–water partition coefficient (Wildman–Crippen LogP) is -0.271. The van der Waals surface area contributed by atoms with E-state index in [0.717, 1.165) is 0 Å². The highest BCUT2D eigenvalue weighted by atomic mass is 16.4. The molecule has 6 heteroatoms. The van der Waals surface area contributed by atoms with Crippen molar-refractivity contribution in [2.75, 3.05) is 6.54 Å². The second kappa shape index (κ2) is 4.44. The van der Waals surface area contributed by atoms with Crippen LogP contribution < -0.4 is 5.32 Å². The van der Waals surface area contributed by atoms with Gasteiger partial charge in [0.2, 0.25) is 0 Å². The number of Topliss-reactive ketones (excluding diaryl/α,β-unsaturated/α-hetero) is 1. The minimum absolute atomic E-state index is 0.0408. The van der Waals surface area contributed by atoms with Gasteiger partial charge in [-0.25, -0.2) is 0 Å². The molecule has 0 bridgehead atoms. The Hall–Kier alpha value is -1.43. The van der Waals surface area contributed by atoms with Crippen molar-refractivity contribution in [2.45, 2.75) is 25.3 Å². The monoisotopic (exact) mass is 241 g/mol. The third kappa shape index (κ3) is 2.04. The lowest BCUT2D eigenvalue weighted by Crippen LogP contribution is -2.59. The minimum Gasteiger partial charge on any atom is -0.481 e. The van der Waals surface area contributed by atoms with Crippen molar-refractivity contribution in [1.29, 1.82) is 0 Å². The fourth-order valence-corrected chi connectivity index (χ4v) is 2.90. The van der Waals surface area contributed by atoms with Gasteiger partial charge in [0.25, 0.3) is 0 Å². The zero-order valence-electron chi connectivity index (χ0n) is 9.26. The van der Waals surface area contributed by atoms with Crippen LogP contribution in [0.15, 0.2) is 0 Å². The average molecular weight is 241 g/mol. The lowest BCUT2D eigenvalue weighted by Gasteiger charge is -2.40. The number of rotatable bonds is 2. The predicted molar refractivity (Wildman–Crippen MR) is 56.4 cm³/mol. The van der Waals surface area contributed by atoms with Crippen LogP contribution >= 0.6 is 0 Å². The van der Waals surface area contributed by atoms with E-state index in [2.05, 4.69) is 5.32 Å². The largest absolute Gasteiger partial charge is 0.481 e. The van der Waals surface area contributed by atoms with Gasteiger partial charge >= 0.3 is 11.9 Å². The Morgan fingerprint density at radius 2 is 1.88 bits per heavy atom. The molecule has 2 rings (SSSR count). The summed E-state index contributed by atoms with van der Waals surface area (Å²) in [5.41, 5.74) is 0. The topological polar surface area (TPSA) is 104 Å². The van der Waals surface area contributed by atoms with Gasteiger partial charge in [-0.15, -0.1) is 0 Å². The van der Waals surface area contributed by atoms with E-state index in [9.17, 15) is 14.4 Å². The Morgan fingerprint density at radius 1 is 1.18 bits per heavy atom. The van der Waals surface area contributed by atoms with Crippen molar-refractivity contribution in [3.8, 4) is 0 Å². The third-order valence-corrected chi connectivity index (χ3v) is 3.78. The molecule has 1 aliphatic carbocycles. The van der Waals surface area contributed by atoms with Crippen LogP contribution in [0.25, 0.3) is 0 Å². The zero-order chi connectivity index (χ0) is 12.6. The minimum atomic E-state index is -1.13. The lowest BCUT2D eigenvalue weighted by molar-refractivity contribution is -0.152. The molecule has 0 aromatic carbocycles. The van der Waals surface area contributed by atoms with Gasteiger partial charge in [0, 0.05) is 18.5 Å². The maximum Gasteiger partial charge on any atom is 0.315 e. The number of fused-ring (bicyclic) bond motifs is 1. The summed E-state index contributed by atoms with van der Waals surface area (Å²) in [6, 6.07) is -0.399. The molecule has 94 valence electrons. The van der Waals surface area contributed by atoms with E-state index in [0.29, 0.717) is 19.3 Å². The van der Waals surface area contributed by atoms with E-state index in [1.807, 2.05) is 0 Å².